The fraction of sp³-hybridized carbons (Fsp3) is 0. The first kappa shape index (κ1) is 18.4. The van der Waals surface area contributed by atoms with Gasteiger partial charge in [-0.05, 0) is 36.4 Å². The van der Waals surface area contributed by atoms with Crippen molar-refractivity contribution in [2.45, 2.75) is 0 Å². The van der Waals surface area contributed by atoms with E-state index in [0.717, 1.165) is 55.2 Å². The molecule has 0 radical (unpaired) electrons. The summed E-state index contributed by atoms with van der Waals surface area (Å²) in [7, 11) is 0. The number of halogens is 1. The van der Waals surface area contributed by atoms with Crippen molar-refractivity contribution in [3.8, 4) is 22.6 Å². The van der Waals surface area contributed by atoms with Gasteiger partial charge in [-0.15, -0.1) is 0 Å². The van der Waals surface area contributed by atoms with E-state index in [1.165, 1.54) is 0 Å². The summed E-state index contributed by atoms with van der Waals surface area (Å²) in [5.41, 5.74) is 6.30. The lowest BCUT2D eigenvalue weighted by atomic mass is 10.1. The fourth-order valence-electron chi connectivity index (χ4n) is 4.45. The van der Waals surface area contributed by atoms with Crippen molar-refractivity contribution in [2.24, 2.45) is 0 Å². The van der Waals surface area contributed by atoms with Crippen molar-refractivity contribution < 1.29 is 8.83 Å². The normalized spacial score (nSPS) is 11.8. The van der Waals surface area contributed by atoms with E-state index in [4.69, 9.17) is 30.4 Å². The van der Waals surface area contributed by atoms with Crippen molar-refractivity contribution in [1.82, 2.24) is 9.97 Å². The molecule has 3 aromatic heterocycles. The molecule has 4 aromatic carbocycles. The minimum atomic E-state index is 0.587. The molecular formula is C28H15ClN2O2. The maximum atomic E-state index is 6.26. The summed E-state index contributed by atoms with van der Waals surface area (Å²) in [5, 5.41) is 3.57. The molecule has 0 atom stereocenters. The SMILES string of the molecule is Clc1ccc2oc3c(-c4nc(-c5ccccc5)c5oc6ccccc6c5n4)cccc3c2c1. The summed E-state index contributed by atoms with van der Waals surface area (Å²) in [6.45, 7) is 0. The Kier molecular flexibility index (Phi) is 3.87. The van der Waals surface area contributed by atoms with Crippen molar-refractivity contribution in [2.75, 3.05) is 0 Å². The van der Waals surface area contributed by atoms with E-state index < -0.39 is 0 Å². The number of benzene rings is 4. The number of nitrogens with zero attached hydrogens (tertiary/aromatic N) is 2. The third-order valence-corrected chi connectivity index (χ3v) is 6.20. The molecule has 4 nitrogen and oxygen atoms in total. The zero-order valence-electron chi connectivity index (χ0n) is 17.2. The second kappa shape index (κ2) is 6.92. The molecule has 7 rings (SSSR count). The Morgan fingerprint density at radius 3 is 2.27 bits per heavy atom. The summed E-state index contributed by atoms with van der Waals surface area (Å²) in [6.07, 6.45) is 0. The molecule has 33 heavy (non-hydrogen) atoms. The van der Waals surface area contributed by atoms with E-state index in [9.17, 15) is 0 Å². The summed E-state index contributed by atoms with van der Waals surface area (Å²) in [5.74, 6) is 0.587. The van der Waals surface area contributed by atoms with Gasteiger partial charge in [-0.2, -0.15) is 0 Å². The first-order chi connectivity index (χ1) is 16.3. The molecule has 3 heterocycles. The van der Waals surface area contributed by atoms with Crippen LogP contribution in [0.2, 0.25) is 5.02 Å². The number of furan rings is 2. The molecule has 0 unspecified atom stereocenters. The van der Waals surface area contributed by atoms with Crippen LogP contribution in [-0.4, -0.2) is 9.97 Å². The van der Waals surface area contributed by atoms with E-state index in [-0.39, 0.29) is 0 Å². The Bertz CT molecular complexity index is 1830. The van der Waals surface area contributed by atoms with Gasteiger partial charge in [0.05, 0.1) is 5.56 Å². The van der Waals surface area contributed by atoms with Gasteiger partial charge in [-0.25, -0.2) is 9.97 Å². The Balaban J connectivity index is 1.59. The van der Waals surface area contributed by atoms with Crippen LogP contribution in [0.4, 0.5) is 0 Å². The van der Waals surface area contributed by atoms with Gasteiger partial charge in [0.25, 0.3) is 0 Å². The third-order valence-electron chi connectivity index (χ3n) is 5.97. The monoisotopic (exact) mass is 446 g/mol. The van der Waals surface area contributed by atoms with Crippen LogP contribution in [0, 0.1) is 0 Å². The molecule has 156 valence electrons. The summed E-state index contributed by atoms with van der Waals surface area (Å²) < 4.78 is 12.5. The minimum absolute atomic E-state index is 0.587. The van der Waals surface area contributed by atoms with Crippen LogP contribution < -0.4 is 0 Å². The van der Waals surface area contributed by atoms with Crippen LogP contribution in [0.25, 0.3) is 66.7 Å². The molecule has 0 saturated heterocycles. The topological polar surface area (TPSA) is 52.1 Å². The highest BCUT2D eigenvalue weighted by molar-refractivity contribution is 6.31. The Morgan fingerprint density at radius 2 is 1.36 bits per heavy atom. The van der Waals surface area contributed by atoms with Gasteiger partial charge in [0.15, 0.2) is 11.4 Å². The van der Waals surface area contributed by atoms with E-state index >= 15 is 0 Å². The zero-order chi connectivity index (χ0) is 21.9. The fourth-order valence-corrected chi connectivity index (χ4v) is 4.62. The molecule has 0 aliphatic carbocycles. The van der Waals surface area contributed by atoms with Gasteiger partial charge in [-0.1, -0.05) is 66.2 Å². The molecule has 0 aliphatic heterocycles. The summed E-state index contributed by atoms with van der Waals surface area (Å²) >= 11 is 6.25. The van der Waals surface area contributed by atoms with Crippen LogP contribution in [0.1, 0.15) is 0 Å². The average molecular weight is 447 g/mol. The van der Waals surface area contributed by atoms with Gasteiger partial charge < -0.3 is 8.83 Å². The molecule has 0 N–H and O–H groups in total. The molecule has 0 saturated carbocycles. The molecule has 5 heteroatoms. The molecular weight excluding hydrogens is 432 g/mol. The van der Waals surface area contributed by atoms with Gasteiger partial charge in [0.1, 0.15) is 28.0 Å². The first-order valence-corrected chi connectivity index (χ1v) is 11.0. The average Bonchev–Trinajstić information content (AvgIpc) is 3.42. The molecule has 0 aliphatic rings. The number of para-hydroxylation sites is 2. The van der Waals surface area contributed by atoms with Gasteiger partial charge in [-0.3, -0.25) is 0 Å². The summed E-state index contributed by atoms with van der Waals surface area (Å²) in [6, 6.07) is 29.6. The standard InChI is InChI=1S/C28H15ClN2O2/c29-17-13-14-23-21(15-17)18-10-6-11-20(26(18)32-23)28-30-24(16-7-2-1-3-8-16)27-25(31-28)19-9-4-5-12-22(19)33-27/h1-15H. The number of aromatic nitrogens is 2. The highest BCUT2D eigenvalue weighted by Crippen LogP contribution is 2.39. The molecule has 0 bridgehead atoms. The lowest BCUT2D eigenvalue weighted by Gasteiger charge is -2.06. The van der Waals surface area contributed by atoms with Crippen molar-refractivity contribution >= 4 is 55.6 Å². The number of hydrogen-bond donors (Lipinski definition) is 0. The van der Waals surface area contributed by atoms with Crippen LogP contribution in [0.5, 0.6) is 0 Å². The quantitative estimate of drug-likeness (QED) is 0.268. The van der Waals surface area contributed by atoms with E-state index in [2.05, 4.69) is 0 Å². The Hall–Kier alpha value is -4.15. The molecule has 7 aromatic rings. The molecule has 0 spiro atoms. The van der Waals surface area contributed by atoms with Gasteiger partial charge in [0, 0.05) is 26.7 Å². The predicted molar refractivity (Wildman–Crippen MR) is 132 cm³/mol. The summed E-state index contributed by atoms with van der Waals surface area (Å²) in [4.78, 5) is 9.95. The maximum absolute atomic E-state index is 6.26. The Labute approximate surface area is 193 Å². The lowest BCUT2D eigenvalue weighted by Crippen LogP contribution is -1.94. The lowest BCUT2D eigenvalue weighted by molar-refractivity contribution is 0.666. The number of rotatable bonds is 2. The number of hydrogen-bond acceptors (Lipinski definition) is 4. The zero-order valence-corrected chi connectivity index (χ0v) is 18.0. The van der Waals surface area contributed by atoms with E-state index in [0.29, 0.717) is 16.4 Å². The van der Waals surface area contributed by atoms with Crippen molar-refractivity contribution in [3.63, 3.8) is 0 Å². The van der Waals surface area contributed by atoms with Crippen molar-refractivity contribution in [3.05, 3.63) is 96.0 Å². The van der Waals surface area contributed by atoms with E-state index in [1.807, 2.05) is 91.0 Å². The van der Waals surface area contributed by atoms with Crippen LogP contribution in [0.15, 0.2) is 99.8 Å². The van der Waals surface area contributed by atoms with Gasteiger partial charge >= 0.3 is 0 Å². The second-order valence-corrected chi connectivity index (χ2v) is 8.40. The number of fused-ring (bicyclic) bond motifs is 6. The minimum Gasteiger partial charge on any atom is -0.455 e. The molecule has 0 amide bonds. The largest absolute Gasteiger partial charge is 0.455 e. The van der Waals surface area contributed by atoms with Crippen LogP contribution in [0.3, 0.4) is 0 Å². The smallest absolute Gasteiger partial charge is 0.180 e. The second-order valence-electron chi connectivity index (χ2n) is 7.96. The van der Waals surface area contributed by atoms with Gasteiger partial charge in [0.2, 0.25) is 0 Å². The van der Waals surface area contributed by atoms with Crippen LogP contribution >= 0.6 is 11.6 Å². The third kappa shape index (κ3) is 2.78. The predicted octanol–water partition coefficient (Wildman–Crippen LogP) is 8.26. The molecule has 0 fully saturated rings. The Morgan fingerprint density at radius 1 is 0.606 bits per heavy atom. The first-order valence-electron chi connectivity index (χ1n) is 10.6. The highest BCUT2D eigenvalue weighted by Gasteiger charge is 2.20. The highest BCUT2D eigenvalue weighted by atomic mass is 35.5. The maximum Gasteiger partial charge on any atom is 0.180 e. The van der Waals surface area contributed by atoms with E-state index in [1.54, 1.807) is 0 Å². The van der Waals surface area contributed by atoms with Crippen LogP contribution in [-0.2, 0) is 0 Å². The van der Waals surface area contributed by atoms with Crippen molar-refractivity contribution in [1.29, 1.82) is 0 Å².